The molecule has 0 spiro atoms. The number of carbonyl (C=O) groups is 1. The molecule has 2 N–H and O–H groups in total. The molecule has 0 amide bonds. The number of benzene rings is 1. The number of carboxylic acid groups (broad SMARTS) is 1. The lowest BCUT2D eigenvalue weighted by Crippen LogP contribution is -2.02. The minimum atomic E-state index is -1.08. The normalized spacial score (nSPS) is 10.7. The highest BCUT2D eigenvalue weighted by molar-refractivity contribution is 9.10. The van der Waals surface area contributed by atoms with Gasteiger partial charge in [0.1, 0.15) is 5.82 Å². The van der Waals surface area contributed by atoms with Crippen LogP contribution < -0.4 is 5.32 Å². The minimum absolute atomic E-state index is 0.0427. The quantitative estimate of drug-likeness (QED) is 0.770. The zero-order chi connectivity index (χ0) is 14.1. The van der Waals surface area contributed by atoms with Gasteiger partial charge in [0.05, 0.1) is 5.69 Å². The van der Waals surface area contributed by atoms with Crippen molar-refractivity contribution in [3.8, 4) is 0 Å². The zero-order valence-corrected chi connectivity index (χ0v) is 11.7. The molecule has 0 saturated carbocycles. The number of carboxylic acids is 1. The maximum absolute atomic E-state index is 11.0. The first-order chi connectivity index (χ1) is 9.65. The van der Waals surface area contributed by atoms with Crippen molar-refractivity contribution in [3.63, 3.8) is 0 Å². The summed E-state index contributed by atoms with van der Waals surface area (Å²) in [5, 5.41) is 16.2. The first kappa shape index (κ1) is 12.6. The fourth-order valence-electron chi connectivity index (χ4n) is 1.80. The van der Waals surface area contributed by atoms with Gasteiger partial charge in [-0.2, -0.15) is 9.61 Å². The second-order valence-corrected chi connectivity index (χ2v) is 4.89. The molecule has 3 aromatic rings. The van der Waals surface area contributed by atoms with E-state index in [1.165, 1.54) is 10.6 Å². The predicted molar refractivity (Wildman–Crippen MR) is 77.4 cm³/mol. The van der Waals surface area contributed by atoms with Crippen molar-refractivity contribution in [1.29, 1.82) is 0 Å². The minimum Gasteiger partial charge on any atom is -0.476 e. The van der Waals surface area contributed by atoms with Crippen LogP contribution in [0.5, 0.6) is 0 Å². The Bertz CT molecular complexity index is 800. The van der Waals surface area contributed by atoms with Crippen LogP contribution in [0.2, 0.25) is 0 Å². The second-order valence-electron chi connectivity index (χ2n) is 4.04. The first-order valence-electron chi connectivity index (χ1n) is 5.75. The molecule has 0 saturated heterocycles. The van der Waals surface area contributed by atoms with Crippen molar-refractivity contribution < 1.29 is 9.90 Å². The van der Waals surface area contributed by atoms with Crippen LogP contribution >= 0.6 is 15.9 Å². The van der Waals surface area contributed by atoms with E-state index in [-0.39, 0.29) is 5.69 Å². The van der Waals surface area contributed by atoms with E-state index in [2.05, 4.69) is 31.3 Å². The number of anilines is 2. The molecule has 100 valence electrons. The maximum atomic E-state index is 11.0. The summed E-state index contributed by atoms with van der Waals surface area (Å²) in [6.07, 6.45) is 1.60. The highest BCUT2D eigenvalue weighted by atomic mass is 79.9. The van der Waals surface area contributed by atoms with Gasteiger partial charge in [0.25, 0.3) is 0 Å². The molecular formula is C13H9BrN4O2. The summed E-state index contributed by atoms with van der Waals surface area (Å²) in [7, 11) is 0. The fourth-order valence-corrected chi connectivity index (χ4v) is 2.18. The SMILES string of the molecule is O=C(O)c1cc2nccc(Nc3ccccc3Br)n2n1. The van der Waals surface area contributed by atoms with E-state index in [1.807, 2.05) is 24.3 Å². The van der Waals surface area contributed by atoms with E-state index in [0.29, 0.717) is 11.5 Å². The summed E-state index contributed by atoms with van der Waals surface area (Å²) in [5.74, 6) is -0.447. The average molecular weight is 333 g/mol. The van der Waals surface area contributed by atoms with Crippen LogP contribution in [0.25, 0.3) is 5.65 Å². The van der Waals surface area contributed by atoms with Crippen molar-refractivity contribution in [2.24, 2.45) is 0 Å². The monoisotopic (exact) mass is 332 g/mol. The Morgan fingerprint density at radius 1 is 1.30 bits per heavy atom. The van der Waals surface area contributed by atoms with Crippen LogP contribution in [0.15, 0.2) is 47.1 Å². The average Bonchev–Trinajstić information content (AvgIpc) is 2.86. The lowest BCUT2D eigenvalue weighted by atomic mass is 10.3. The number of rotatable bonds is 3. The standard InChI is InChI=1S/C13H9BrN4O2/c14-8-3-1-2-4-9(8)16-11-5-6-15-12-7-10(13(19)20)17-18(11)12/h1-7,16H,(H,19,20). The molecule has 0 fully saturated rings. The number of fused-ring (bicyclic) bond motifs is 1. The third kappa shape index (κ3) is 2.23. The van der Waals surface area contributed by atoms with E-state index in [4.69, 9.17) is 5.11 Å². The van der Waals surface area contributed by atoms with Gasteiger partial charge >= 0.3 is 5.97 Å². The lowest BCUT2D eigenvalue weighted by molar-refractivity contribution is 0.0690. The van der Waals surface area contributed by atoms with E-state index in [9.17, 15) is 4.79 Å². The molecule has 6 nitrogen and oxygen atoms in total. The van der Waals surface area contributed by atoms with Crippen molar-refractivity contribution in [1.82, 2.24) is 14.6 Å². The van der Waals surface area contributed by atoms with Crippen molar-refractivity contribution in [2.75, 3.05) is 5.32 Å². The van der Waals surface area contributed by atoms with E-state index in [0.717, 1.165) is 10.2 Å². The van der Waals surface area contributed by atoms with Crippen LogP contribution in [-0.4, -0.2) is 25.7 Å². The van der Waals surface area contributed by atoms with Crippen molar-refractivity contribution in [3.05, 3.63) is 52.8 Å². The van der Waals surface area contributed by atoms with Crippen LogP contribution in [0, 0.1) is 0 Å². The molecule has 7 heteroatoms. The fraction of sp³-hybridized carbons (Fsp3) is 0. The predicted octanol–water partition coefficient (Wildman–Crippen LogP) is 2.93. The highest BCUT2D eigenvalue weighted by Gasteiger charge is 2.12. The number of aromatic carboxylic acids is 1. The van der Waals surface area contributed by atoms with Gasteiger partial charge in [0, 0.05) is 16.7 Å². The molecule has 0 radical (unpaired) electrons. The number of para-hydroxylation sites is 1. The molecule has 2 heterocycles. The van der Waals surface area contributed by atoms with Crippen LogP contribution in [0.3, 0.4) is 0 Å². The number of nitrogens with one attached hydrogen (secondary N) is 1. The third-order valence-electron chi connectivity index (χ3n) is 2.71. The Morgan fingerprint density at radius 3 is 2.85 bits per heavy atom. The maximum Gasteiger partial charge on any atom is 0.356 e. The van der Waals surface area contributed by atoms with Crippen molar-refractivity contribution in [2.45, 2.75) is 0 Å². The summed E-state index contributed by atoms with van der Waals surface area (Å²) in [6.45, 7) is 0. The molecule has 2 aromatic heterocycles. The van der Waals surface area contributed by atoms with Gasteiger partial charge in [-0.05, 0) is 34.1 Å². The zero-order valence-electron chi connectivity index (χ0n) is 10.1. The molecule has 1 aromatic carbocycles. The first-order valence-corrected chi connectivity index (χ1v) is 6.54. The molecule has 3 rings (SSSR count). The summed E-state index contributed by atoms with van der Waals surface area (Å²) in [6, 6.07) is 10.8. The van der Waals surface area contributed by atoms with E-state index in [1.54, 1.807) is 12.3 Å². The molecule has 0 aliphatic rings. The molecule has 0 bridgehead atoms. The lowest BCUT2D eigenvalue weighted by Gasteiger charge is -2.09. The molecule has 0 unspecified atom stereocenters. The summed E-state index contributed by atoms with van der Waals surface area (Å²) >= 11 is 3.44. The van der Waals surface area contributed by atoms with Gasteiger partial charge in [-0.15, -0.1) is 0 Å². The highest BCUT2D eigenvalue weighted by Crippen LogP contribution is 2.25. The van der Waals surface area contributed by atoms with Crippen LogP contribution in [0.1, 0.15) is 10.5 Å². The number of hydrogen-bond acceptors (Lipinski definition) is 4. The number of nitrogens with zero attached hydrogens (tertiary/aromatic N) is 3. The van der Waals surface area contributed by atoms with Crippen LogP contribution in [0.4, 0.5) is 11.5 Å². The molecule has 20 heavy (non-hydrogen) atoms. The van der Waals surface area contributed by atoms with Gasteiger partial charge in [-0.1, -0.05) is 12.1 Å². The number of halogens is 1. The molecule has 0 aliphatic heterocycles. The van der Waals surface area contributed by atoms with Gasteiger partial charge in [0.15, 0.2) is 11.3 Å². The number of hydrogen-bond donors (Lipinski definition) is 2. The van der Waals surface area contributed by atoms with Gasteiger partial charge < -0.3 is 10.4 Å². The second kappa shape index (κ2) is 4.93. The van der Waals surface area contributed by atoms with Crippen LogP contribution in [-0.2, 0) is 0 Å². The largest absolute Gasteiger partial charge is 0.476 e. The Balaban J connectivity index is 2.08. The Morgan fingerprint density at radius 2 is 2.10 bits per heavy atom. The Labute approximate surface area is 122 Å². The summed E-state index contributed by atoms with van der Waals surface area (Å²) < 4.78 is 2.36. The smallest absolute Gasteiger partial charge is 0.356 e. The van der Waals surface area contributed by atoms with Gasteiger partial charge in [0.2, 0.25) is 0 Å². The Hall–Kier alpha value is -2.41. The topological polar surface area (TPSA) is 79.5 Å². The number of aromatic nitrogens is 3. The molecular weight excluding hydrogens is 324 g/mol. The van der Waals surface area contributed by atoms with Crippen molar-refractivity contribution >= 4 is 39.1 Å². The third-order valence-corrected chi connectivity index (χ3v) is 3.41. The summed E-state index contributed by atoms with van der Waals surface area (Å²) in [4.78, 5) is 15.1. The van der Waals surface area contributed by atoms with Gasteiger partial charge in [-0.3, -0.25) is 0 Å². The Kier molecular flexibility index (Phi) is 3.11. The van der Waals surface area contributed by atoms with E-state index < -0.39 is 5.97 Å². The van der Waals surface area contributed by atoms with Gasteiger partial charge in [-0.25, -0.2) is 9.78 Å². The summed E-state index contributed by atoms with van der Waals surface area (Å²) in [5.41, 5.74) is 1.28. The molecule has 0 aliphatic carbocycles. The molecule has 0 atom stereocenters. The van der Waals surface area contributed by atoms with E-state index >= 15 is 0 Å².